The third kappa shape index (κ3) is 7.29. The van der Waals surface area contributed by atoms with Crippen molar-refractivity contribution in [3.05, 3.63) is 35.4 Å². The Morgan fingerprint density at radius 2 is 1.97 bits per heavy atom. The third-order valence-corrected chi connectivity index (χ3v) is 5.89. The van der Waals surface area contributed by atoms with Crippen LogP contribution >= 0.6 is 0 Å². The Kier molecular flexibility index (Phi) is 11.0. The highest BCUT2D eigenvalue weighted by Crippen LogP contribution is 2.34. The maximum atomic E-state index is 10.2. The number of aliphatic hydroxyl groups is 3. The van der Waals surface area contributed by atoms with Crippen LogP contribution in [0.25, 0.3) is 5.57 Å². The first-order valence-corrected chi connectivity index (χ1v) is 11.7. The Labute approximate surface area is 187 Å². The number of unbranched alkanes of at least 4 members (excludes halogenated alkanes) is 1. The fourth-order valence-corrected chi connectivity index (χ4v) is 4.10. The van der Waals surface area contributed by atoms with E-state index in [0.29, 0.717) is 5.75 Å². The maximum absolute atomic E-state index is 10.2. The molecule has 1 saturated heterocycles. The molecule has 4 atom stereocenters. The van der Waals surface area contributed by atoms with Crippen LogP contribution in [0.2, 0.25) is 0 Å². The zero-order valence-corrected chi connectivity index (χ0v) is 19.6. The van der Waals surface area contributed by atoms with E-state index >= 15 is 0 Å². The standard InChI is InChI=1S/C25H41NO5/c1-5-8-11-19(13-15-26(7-3)14-6-2)24-18(4)10-9-12-21(24)30-23-16-20(28)25(29)22(17-27)31-23/h9-12,20,22-23,25,27-29H,5-8,13-17H2,1-4H3/b19-11-/t20-,22-,23-,25+/m1/s1. The number of aryl methyl sites for hydroxylation is 1. The van der Waals surface area contributed by atoms with Crippen LogP contribution in [0, 0.1) is 6.92 Å². The molecule has 1 heterocycles. The van der Waals surface area contributed by atoms with Crippen LogP contribution in [0.3, 0.4) is 0 Å². The number of hydrogen-bond donors (Lipinski definition) is 3. The molecular formula is C25H41NO5. The highest BCUT2D eigenvalue weighted by atomic mass is 16.7. The monoisotopic (exact) mass is 435 g/mol. The van der Waals surface area contributed by atoms with E-state index in [4.69, 9.17) is 9.47 Å². The molecule has 0 aromatic heterocycles. The predicted molar refractivity (Wildman–Crippen MR) is 124 cm³/mol. The molecule has 1 aliphatic rings. The Bertz CT molecular complexity index is 692. The van der Waals surface area contributed by atoms with Gasteiger partial charge in [0.15, 0.2) is 0 Å². The van der Waals surface area contributed by atoms with E-state index in [1.54, 1.807) is 0 Å². The lowest BCUT2D eigenvalue weighted by Crippen LogP contribution is -2.51. The largest absolute Gasteiger partial charge is 0.464 e. The fraction of sp³-hybridized carbons (Fsp3) is 0.680. The van der Waals surface area contributed by atoms with Gasteiger partial charge in [-0.25, -0.2) is 0 Å². The molecule has 31 heavy (non-hydrogen) atoms. The predicted octanol–water partition coefficient (Wildman–Crippen LogP) is 3.51. The summed E-state index contributed by atoms with van der Waals surface area (Å²) in [6.07, 6.45) is 2.92. The van der Waals surface area contributed by atoms with Gasteiger partial charge in [0.25, 0.3) is 0 Å². The van der Waals surface area contributed by atoms with Crippen LogP contribution in [-0.2, 0) is 4.74 Å². The number of benzene rings is 1. The maximum Gasteiger partial charge on any atom is 0.202 e. The van der Waals surface area contributed by atoms with Gasteiger partial charge in [-0.15, -0.1) is 0 Å². The molecule has 3 N–H and O–H groups in total. The van der Waals surface area contributed by atoms with Crippen molar-refractivity contribution < 1.29 is 24.8 Å². The van der Waals surface area contributed by atoms with E-state index in [9.17, 15) is 15.3 Å². The quantitative estimate of drug-likeness (QED) is 0.466. The van der Waals surface area contributed by atoms with Gasteiger partial charge >= 0.3 is 0 Å². The molecule has 0 aliphatic carbocycles. The van der Waals surface area contributed by atoms with Gasteiger partial charge in [-0.3, -0.25) is 0 Å². The Balaban J connectivity index is 2.27. The molecule has 0 amide bonds. The molecule has 1 fully saturated rings. The minimum atomic E-state index is -1.11. The topological polar surface area (TPSA) is 82.4 Å². The van der Waals surface area contributed by atoms with Gasteiger partial charge in [-0.2, -0.15) is 0 Å². The van der Waals surface area contributed by atoms with Gasteiger partial charge < -0.3 is 29.7 Å². The zero-order valence-electron chi connectivity index (χ0n) is 19.6. The summed E-state index contributed by atoms with van der Waals surface area (Å²) in [5.74, 6) is 0.714. The first kappa shape index (κ1) is 25.8. The first-order chi connectivity index (χ1) is 14.9. The van der Waals surface area contributed by atoms with Gasteiger partial charge in [-0.1, -0.05) is 45.4 Å². The van der Waals surface area contributed by atoms with Crippen molar-refractivity contribution >= 4 is 5.57 Å². The summed E-state index contributed by atoms with van der Waals surface area (Å²) in [4.78, 5) is 2.46. The van der Waals surface area contributed by atoms with E-state index in [1.165, 1.54) is 5.57 Å². The van der Waals surface area contributed by atoms with Crippen LogP contribution in [0.5, 0.6) is 5.75 Å². The minimum Gasteiger partial charge on any atom is -0.464 e. The molecule has 1 aliphatic heterocycles. The van der Waals surface area contributed by atoms with Crippen molar-refractivity contribution in [2.24, 2.45) is 0 Å². The summed E-state index contributed by atoms with van der Waals surface area (Å²) in [5.41, 5.74) is 3.47. The van der Waals surface area contributed by atoms with Crippen LogP contribution < -0.4 is 4.74 Å². The number of hydrogen-bond acceptors (Lipinski definition) is 6. The van der Waals surface area contributed by atoms with E-state index < -0.39 is 24.6 Å². The van der Waals surface area contributed by atoms with Crippen molar-refractivity contribution in [3.8, 4) is 5.75 Å². The molecule has 0 spiro atoms. The van der Waals surface area contributed by atoms with Crippen molar-refractivity contribution in [1.82, 2.24) is 4.90 Å². The molecule has 176 valence electrons. The average Bonchev–Trinajstić information content (AvgIpc) is 2.76. The van der Waals surface area contributed by atoms with Crippen molar-refractivity contribution in [2.45, 2.75) is 84.4 Å². The van der Waals surface area contributed by atoms with Crippen molar-refractivity contribution in [3.63, 3.8) is 0 Å². The molecule has 0 radical (unpaired) electrons. The van der Waals surface area contributed by atoms with Crippen LogP contribution in [0.15, 0.2) is 24.3 Å². The number of allylic oxidation sites excluding steroid dienone is 1. The highest BCUT2D eigenvalue weighted by Gasteiger charge is 2.37. The van der Waals surface area contributed by atoms with Gasteiger partial charge in [0.2, 0.25) is 6.29 Å². The number of rotatable bonds is 12. The van der Waals surface area contributed by atoms with Crippen LogP contribution in [-0.4, -0.2) is 71.1 Å². The molecule has 6 heteroatoms. The first-order valence-electron chi connectivity index (χ1n) is 11.7. The summed E-state index contributed by atoms with van der Waals surface area (Å²) in [7, 11) is 0. The zero-order chi connectivity index (χ0) is 22.8. The van der Waals surface area contributed by atoms with Gasteiger partial charge in [-0.05, 0) is 56.5 Å². The number of nitrogens with zero attached hydrogens (tertiary/aromatic N) is 1. The van der Waals surface area contributed by atoms with E-state index in [0.717, 1.165) is 56.4 Å². The van der Waals surface area contributed by atoms with E-state index in [1.807, 2.05) is 12.1 Å². The summed E-state index contributed by atoms with van der Waals surface area (Å²) in [6, 6.07) is 5.97. The number of ether oxygens (including phenoxy) is 2. The Morgan fingerprint density at radius 3 is 2.61 bits per heavy atom. The molecule has 1 aromatic rings. The average molecular weight is 436 g/mol. The molecule has 2 rings (SSSR count). The summed E-state index contributed by atoms with van der Waals surface area (Å²) in [6.45, 7) is 11.4. The second kappa shape index (κ2) is 13.2. The van der Waals surface area contributed by atoms with Crippen molar-refractivity contribution in [2.75, 3.05) is 26.2 Å². The molecule has 0 unspecified atom stereocenters. The molecule has 6 nitrogen and oxygen atoms in total. The number of aliphatic hydroxyl groups excluding tert-OH is 3. The fourth-order valence-electron chi connectivity index (χ4n) is 4.10. The summed E-state index contributed by atoms with van der Waals surface area (Å²) >= 11 is 0. The summed E-state index contributed by atoms with van der Waals surface area (Å²) in [5, 5.41) is 29.6. The van der Waals surface area contributed by atoms with Gasteiger partial charge in [0.1, 0.15) is 18.0 Å². The van der Waals surface area contributed by atoms with Crippen LogP contribution in [0.1, 0.15) is 64.0 Å². The molecule has 1 aromatic carbocycles. The van der Waals surface area contributed by atoms with Crippen molar-refractivity contribution in [1.29, 1.82) is 0 Å². The third-order valence-electron chi connectivity index (χ3n) is 5.89. The van der Waals surface area contributed by atoms with Gasteiger partial charge in [0, 0.05) is 18.5 Å². The summed E-state index contributed by atoms with van der Waals surface area (Å²) < 4.78 is 11.9. The van der Waals surface area contributed by atoms with E-state index in [2.05, 4.69) is 44.7 Å². The minimum absolute atomic E-state index is 0.152. The Hall–Kier alpha value is -1.44. The molecule has 0 saturated carbocycles. The molecular weight excluding hydrogens is 394 g/mol. The second-order valence-electron chi connectivity index (χ2n) is 8.35. The SMILES string of the molecule is CCC/C=C(/CCN(CC)CCC)c1c(C)cccc1O[C@H]1C[C@@H](O)[C@H](O)[C@@H](CO)O1. The Morgan fingerprint density at radius 1 is 1.19 bits per heavy atom. The second-order valence-corrected chi connectivity index (χ2v) is 8.35. The lowest BCUT2D eigenvalue weighted by Gasteiger charge is -2.36. The smallest absolute Gasteiger partial charge is 0.202 e. The normalized spacial score (nSPS) is 24.6. The lowest BCUT2D eigenvalue weighted by atomic mass is 9.95. The van der Waals surface area contributed by atoms with Crippen LogP contribution in [0.4, 0.5) is 0 Å². The lowest BCUT2D eigenvalue weighted by molar-refractivity contribution is -0.230. The van der Waals surface area contributed by atoms with Gasteiger partial charge in [0.05, 0.1) is 12.7 Å². The van der Waals surface area contributed by atoms with E-state index in [-0.39, 0.29) is 13.0 Å². The molecule has 0 bridgehead atoms. The highest BCUT2D eigenvalue weighted by molar-refractivity contribution is 5.73.